The van der Waals surface area contributed by atoms with E-state index in [1.165, 1.54) is 32.4 Å². The van der Waals surface area contributed by atoms with Gasteiger partial charge in [-0.1, -0.05) is 12.1 Å². The number of sulfonamides is 1. The van der Waals surface area contributed by atoms with Crippen LogP contribution in [0.25, 0.3) is 0 Å². The first-order valence-electron chi connectivity index (χ1n) is 10.9. The fourth-order valence-corrected chi connectivity index (χ4v) is 5.18. The number of hydrogen-bond acceptors (Lipinski definition) is 7. The Morgan fingerprint density at radius 3 is 2.38 bits per heavy atom. The number of nitrogens with one attached hydrogen (secondary N) is 1. The number of benzene rings is 2. The van der Waals surface area contributed by atoms with Crippen molar-refractivity contribution in [3.05, 3.63) is 72.4 Å². The molecule has 1 aliphatic rings. The van der Waals surface area contributed by atoms with Crippen molar-refractivity contribution in [2.75, 3.05) is 51.8 Å². The molecule has 182 valence electrons. The summed E-state index contributed by atoms with van der Waals surface area (Å²) in [6.45, 7) is 2.58. The summed E-state index contributed by atoms with van der Waals surface area (Å²) in [5.74, 6) is 1.19. The van der Waals surface area contributed by atoms with Crippen molar-refractivity contribution in [2.24, 2.45) is 0 Å². The van der Waals surface area contributed by atoms with E-state index in [9.17, 15) is 12.8 Å². The predicted molar refractivity (Wildman–Crippen MR) is 126 cm³/mol. The zero-order chi connectivity index (χ0) is 24.1. The van der Waals surface area contributed by atoms with Crippen LogP contribution in [-0.2, 0) is 10.0 Å². The highest BCUT2D eigenvalue weighted by atomic mass is 32.2. The minimum Gasteiger partial charge on any atom is -0.493 e. The molecule has 2 heterocycles. The maximum absolute atomic E-state index is 14.2. The lowest BCUT2D eigenvalue weighted by Gasteiger charge is -2.39. The summed E-state index contributed by atoms with van der Waals surface area (Å²) in [4.78, 5) is 4.22. The molecule has 0 amide bonds. The highest BCUT2D eigenvalue weighted by Crippen LogP contribution is 2.30. The Kier molecular flexibility index (Phi) is 7.40. The molecule has 1 aromatic heterocycles. The van der Waals surface area contributed by atoms with Crippen molar-refractivity contribution in [3.63, 3.8) is 0 Å². The van der Waals surface area contributed by atoms with Crippen LogP contribution in [-0.4, -0.2) is 60.3 Å². The minimum absolute atomic E-state index is 0.0766. The Hall–Kier alpha value is -3.08. The standard InChI is InChI=1S/C24H28FN3O5S/c1-31-23-10-9-18(16-24(23)32-2)34(29,30)26-17-21(22-8-5-15-33-22)28-13-11-27(12-14-28)20-7-4-3-6-19(20)25/h3-10,15-16,21,26H,11-14,17H2,1-2H3. The Labute approximate surface area is 198 Å². The normalized spacial score (nSPS) is 15.8. The molecule has 1 saturated heterocycles. The summed E-state index contributed by atoms with van der Waals surface area (Å²) >= 11 is 0. The van der Waals surface area contributed by atoms with Gasteiger partial charge in [0.2, 0.25) is 10.0 Å². The van der Waals surface area contributed by atoms with Gasteiger partial charge in [-0.3, -0.25) is 4.90 Å². The summed E-state index contributed by atoms with van der Waals surface area (Å²) in [7, 11) is -0.872. The van der Waals surface area contributed by atoms with E-state index in [2.05, 4.69) is 9.62 Å². The number of nitrogens with zero attached hydrogens (tertiary/aromatic N) is 2. The number of ether oxygens (including phenoxy) is 2. The maximum atomic E-state index is 14.2. The average Bonchev–Trinajstić information content (AvgIpc) is 3.39. The quantitative estimate of drug-likeness (QED) is 0.494. The molecule has 0 bridgehead atoms. The number of rotatable bonds is 9. The molecule has 8 nitrogen and oxygen atoms in total. The highest BCUT2D eigenvalue weighted by Gasteiger charge is 2.29. The van der Waals surface area contributed by atoms with Gasteiger partial charge in [-0.15, -0.1) is 0 Å². The van der Waals surface area contributed by atoms with Gasteiger partial charge in [-0.25, -0.2) is 17.5 Å². The molecule has 1 aliphatic heterocycles. The van der Waals surface area contributed by atoms with Crippen molar-refractivity contribution >= 4 is 15.7 Å². The lowest BCUT2D eigenvalue weighted by atomic mass is 10.1. The van der Waals surface area contributed by atoms with E-state index in [4.69, 9.17) is 13.9 Å². The van der Waals surface area contributed by atoms with Gasteiger partial charge in [0.15, 0.2) is 11.5 Å². The molecule has 10 heteroatoms. The van der Waals surface area contributed by atoms with E-state index in [0.29, 0.717) is 49.1 Å². The fourth-order valence-electron chi connectivity index (χ4n) is 4.13. The van der Waals surface area contributed by atoms with Crippen LogP contribution in [0.5, 0.6) is 11.5 Å². The maximum Gasteiger partial charge on any atom is 0.240 e. The summed E-state index contributed by atoms with van der Waals surface area (Å²) in [5, 5.41) is 0. The molecule has 1 unspecified atom stereocenters. The van der Waals surface area contributed by atoms with E-state index in [0.717, 1.165) is 0 Å². The van der Waals surface area contributed by atoms with E-state index < -0.39 is 10.0 Å². The third-order valence-corrected chi connectivity index (χ3v) is 7.37. The highest BCUT2D eigenvalue weighted by molar-refractivity contribution is 7.89. The second kappa shape index (κ2) is 10.5. The first-order chi connectivity index (χ1) is 16.4. The van der Waals surface area contributed by atoms with Crippen LogP contribution in [0.15, 0.2) is 70.2 Å². The molecule has 1 N–H and O–H groups in total. The number of furan rings is 1. The summed E-state index contributed by atoms with van der Waals surface area (Å²) in [5.41, 5.74) is 0.575. The topological polar surface area (TPSA) is 84.2 Å². The summed E-state index contributed by atoms with van der Waals surface area (Å²) < 4.78 is 59.0. The van der Waals surface area contributed by atoms with E-state index in [-0.39, 0.29) is 23.3 Å². The van der Waals surface area contributed by atoms with Crippen molar-refractivity contribution in [1.29, 1.82) is 0 Å². The molecule has 34 heavy (non-hydrogen) atoms. The third kappa shape index (κ3) is 5.19. The zero-order valence-corrected chi connectivity index (χ0v) is 19.9. The first kappa shape index (κ1) is 24.1. The van der Waals surface area contributed by atoms with E-state index in [1.54, 1.807) is 30.5 Å². The predicted octanol–water partition coefficient (Wildman–Crippen LogP) is 3.28. The second-order valence-electron chi connectivity index (χ2n) is 7.87. The average molecular weight is 490 g/mol. The van der Waals surface area contributed by atoms with Gasteiger partial charge in [0.25, 0.3) is 0 Å². The van der Waals surface area contributed by atoms with Gasteiger partial charge < -0.3 is 18.8 Å². The second-order valence-corrected chi connectivity index (χ2v) is 9.64. The lowest BCUT2D eigenvalue weighted by molar-refractivity contribution is 0.166. The Bertz CT molecular complexity index is 1200. The van der Waals surface area contributed by atoms with Gasteiger partial charge in [-0.05, 0) is 36.4 Å². The molecule has 1 fully saturated rings. The van der Waals surface area contributed by atoms with E-state index >= 15 is 0 Å². The van der Waals surface area contributed by atoms with Crippen LogP contribution < -0.4 is 19.1 Å². The van der Waals surface area contributed by atoms with Gasteiger partial charge in [0.05, 0.1) is 37.1 Å². The van der Waals surface area contributed by atoms with Gasteiger partial charge in [0.1, 0.15) is 11.6 Å². The molecule has 0 saturated carbocycles. The largest absolute Gasteiger partial charge is 0.493 e. The van der Waals surface area contributed by atoms with Gasteiger partial charge >= 0.3 is 0 Å². The zero-order valence-electron chi connectivity index (χ0n) is 19.1. The SMILES string of the molecule is COc1ccc(S(=O)(=O)NCC(c2ccco2)N2CCN(c3ccccc3F)CC2)cc1OC. The molecular weight excluding hydrogens is 461 g/mol. The molecule has 0 spiro atoms. The Morgan fingerprint density at radius 1 is 1.00 bits per heavy atom. The number of methoxy groups -OCH3 is 2. The number of hydrogen-bond donors (Lipinski definition) is 1. The van der Waals surface area contributed by atoms with Gasteiger partial charge in [-0.2, -0.15) is 0 Å². The van der Waals surface area contributed by atoms with Gasteiger partial charge in [0, 0.05) is 38.8 Å². The van der Waals surface area contributed by atoms with Crippen LogP contribution in [0.2, 0.25) is 0 Å². The minimum atomic E-state index is -3.82. The first-order valence-corrected chi connectivity index (χ1v) is 12.4. The van der Waals surface area contributed by atoms with Crippen LogP contribution in [0, 0.1) is 5.82 Å². The lowest BCUT2D eigenvalue weighted by Crippen LogP contribution is -2.50. The van der Waals surface area contributed by atoms with Crippen molar-refractivity contribution < 1.29 is 26.7 Å². The Balaban J connectivity index is 1.47. The fraction of sp³-hybridized carbons (Fsp3) is 0.333. The molecule has 2 aromatic carbocycles. The molecular formula is C24H28FN3O5S. The molecule has 0 aliphatic carbocycles. The molecule has 1 atom stereocenters. The van der Waals surface area contributed by atoms with Crippen molar-refractivity contribution in [3.8, 4) is 11.5 Å². The number of halogens is 1. The molecule has 0 radical (unpaired) electrons. The summed E-state index contributed by atoms with van der Waals surface area (Å²) in [6.07, 6.45) is 1.57. The molecule has 3 aromatic rings. The van der Waals surface area contributed by atoms with Crippen molar-refractivity contribution in [1.82, 2.24) is 9.62 Å². The van der Waals surface area contributed by atoms with Crippen molar-refractivity contribution in [2.45, 2.75) is 10.9 Å². The monoisotopic (exact) mass is 489 g/mol. The number of para-hydroxylation sites is 1. The summed E-state index contributed by atoms with van der Waals surface area (Å²) in [6, 6.07) is 14.5. The van der Waals surface area contributed by atoms with Crippen LogP contribution in [0.4, 0.5) is 10.1 Å². The number of piperazine rings is 1. The number of anilines is 1. The Morgan fingerprint density at radius 2 is 1.74 bits per heavy atom. The van der Waals surface area contributed by atoms with Crippen LogP contribution in [0.3, 0.4) is 0 Å². The van der Waals surface area contributed by atoms with Crippen LogP contribution >= 0.6 is 0 Å². The molecule has 4 rings (SSSR count). The third-order valence-electron chi connectivity index (χ3n) is 5.95. The smallest absolute Gasteiger partial charge is 0.240 e. The van der Waals surface area contributed by atoms with E-state index in [1.807, 2.05) is 17.0 Å². The van der Waals surface area contributed by atoms with Crippen LogP contribution in [0.1, 0.15) is 11.8 Å².